The Bertz CT molecular complexity index is 772. The van der Waals surface area contributed by atoms with Crippen molar-refractivity contribution in [3.63, 3.8) is 0 Å². The second kappa shape index (κ2) is 10.9. The van der Waals surface area contributed by atoms with Gasteiger partial charge < -0.3 is 24.8 Å². The smallest absolute Gasteiger partial charge is 0.335 e. The molecular weight excluding hydrogens is 380 g/mol. The Labute approximate surface area is 171 Å². The molecule has 28 heavy (non-hydrogen) atoms. The van der Waals surface area contributed by atoms with Crippen molar-refractivity contribution in [1.29, 1.82) is 0 Å². The Kier molecular flexibility index (Phi) is 8.57. The third-order valence-electron chi connectivity index (χ3n) is 4.69. The van der Waals surface area contributed by atoms with E-state index < -0.39 is 5.97 Å². The summed E-state index contributed by atoms with van der Waals surface area (Å²) in [5, 5.41) is 12.6. The van der Waals surface area contributed by atoms with Crippen molar-refractivity contribution in [2.75, 3.05) is 44.8 Å². The molecule has 1 aliphatic rings. The third kappa shape index (κ3) is 6.12. The fourth-order valence-corrected chi connectivity index (χ4v) is 3.24. The summed E-state index contributed by atoms with van der Waals surface area (Å²) >= 11 is 0. The van der Waals surface area contributed by atoms with Gasteiger partial charge in [0, 0.05) is 25.3 Å². The average Bonchev–Trinajstić information content (AvgIpc) is 2.71. The quantitative estimate of drug-likeness (QED) is 0.657. The highest BCUT2D eigenvalue weighted by Gasteiger charge is 2.21. The van der Waals surface area contributed by atoms with Crippen LogP contribution in [0.5, 0.6) is 5.75 Å². The van der Waals surface area contributed by atoms with Crippen molar-refractivity contribution >= 4 is 24.1 Å². The first-order chi connectivity index (χ1) is 13.2. The molecule has 0 aliphatic carbocycles. The normalized spacial score (nSPS) is 16.3. The van der Waals surface area contributed by atoms with Crippen LogP contribution < -0.4 is 15.0 Å². The summed E-state index contributed by atoms with van der Waals surface area (Å²) in [6.45, 7) is 3.78. The van der Waals surface area contributed by atoms with E-state index in [1.54, 1.807) is 25.3 Å². The number of rotatable bonds is 8. The molecule has 1 atom stereocenters. The van der Waals surface area contributed by atoms with E-state index >= 15 is 0 Å². The lowest BCUT2D eigenvalue weighted by Crippen LogP contribution is -2.47. The highest BCUT2D eigenvalue weighted by Crippen LogP contribution is 2.19. The van der Waals surface area contributed by atoms with Crippen molar-refractivity contribution in [3.05, 3.63) is 59.7 Å². The van der Waals surface area contributed by atoms with Gasteiger partial charge in [-0.3, -0.25) is 0 Å². The second-order valence-electron chi connectivity index (χ2n) is 6.60. The van der Waals surface area contributed by atoms with E-state index in [4.69, 9.17) is 14.6 Å². The Balaban J connectivity index is 0.00000280. The molecule has 0 aromatic heterocycles. The lowest BCUT2D eigenvalue weighted by molar-refractivity contribution is 0.0411. The minimum absolute atomic E-state index is 0. The van der Waals surface area contributed by atoms with Gasteiger partial charge >= 0.3 is 5.97 Å². The Morgan fingerprint density at radius 3 is 2.89 bits per heavy atom. The van der Waals surface area contributed by atoms with Crippen LogP contribution in [0.3, 0.4) is 0 Å². The zero-order valence-corrected chi connectivity index (χ0v) is 16.8. The zero-order valence-electron chi connectivity index (χ0n) is 16.0. The van der Waals surface area contributed by atoms with Crippen LogP contribution in [-0.2, 0) is 11.2 Å². The van der Waals surface area contributed by atoms with Crippen molar-refractivity contribution in [2.45, 2.75) is 12.5 Å². The maximum absolute atomic E-state index is 11.2. The van der Waals surface area contributed by atoms with E-state index in [1.165, 1.54) is 5.56 Å². The number of nitrogens with one attached hydrogen (secondary N) is 1. The number of methoxy groups -OCH3 is 1. The lowest BCUT2D eigenvalue weighted by Gasteiger charge is -2.34. The fourth-order valence-electron chi connectivity index (χ4n) is 3.24. The molecule has 0 amide bonds. The number of halogens is 1. The molecular formula is C21H27ClN2O4. The van der Waals surface area contributed by atoms with Gasteiger partial charge in [-0.15, -0.1) is 12.4 Å². The van der Waals surface area contributed by atoms with Crippen LogP contribution in [0.15, 0.2) is 48.5 Å². The molecule has 1 fully saturated rings. The number of ether oxygens (including phenoxy) is 2. The molecule has 1 heterocycles. The summed E-state index contributed by atoms with van der Waals surface area (Å²) in [7, 11) is 1.68. The number of hydrogen-bond donors (Lipinski definition) is 2. The molecule has 1 aliphatic heterocycles. The minimum Gasteiger partial charge on any atom is -0.497 e. The molecule has 0 radical (unpaired) electrons. The number of benzene rings is 2. The van der Waals surface area contributed by atoms with Gasteiger partial charge in [0.2, 0.25) is 0 Å². The van der Waals surface area contributed by atoms with Crippen LogP contribution in [0, 0.1) is 0 Å². The molecule has 1 saturated heterocycles. The molecule has 2 aromatic carbocycles. The van der Waals surface area contributed by atoms with Gasteiger partial charge in [-0.2, -0.15) is 0 Å². The van der Waals surface area contributed by atoms with Gasteiger partial charge in [0.05, 0.1) is 25.4 Å². The van der Waals surface area contributed by atoms with E-state index in [-0.39, 0.29) is 18.5 Å². The molecule has 0 unspecified atom stereocenters. The molecule has 3 rings (SSSR count). The van der Waals surface area contributed by atoms with Gasteiger partial charge in [-0.05, 0) is 48.9 Å². The molecule has 0 saturated carbocycles. The zero-order chi connectivity index (χ0) is 19.1. The van der Waals surface area contributed by atoms with E-state index in [0.717, 1.165) is 44.0 Å². The monoisotopic (exact) mass is 406 g/mol. The minimum atomic E-state index is -0.902. The molecule has 0 bridgehead atoms. The first-order valence-electron chi connectivity index (χ1n) is 9.19. The van der Waals surface area contributed by atoms with E-state index in [0.29, 0.717) is 12.2 Å². The van der Waals surface area contributed by atoms with Crippen LogP contribution in [0.4, 0.5) is 5.69 Å². The standard InChI is InChI=1S/C21H26N2O4.ClH/c1-26-19-7-2-4-16(12-19)8-9-22-14-20-15-23(10-11-27-20)18-6-3-5-17(13-18)21(24)25;/h2-7,12-13,20,22H,8-11,14-15H2,1H3,(H,24,25);1H/t20-;/m1./s1. The number of aromatic carboxylic acids is 1. The predicted molar refractivity (Wildman–Crippen MR) is 112 cm³/mol. The maximum Gasteiger partial charge on any atom is 0.335 e. The molecule has 2 aromatic rings. The molecule has 0 spiro atoms. The summed E-state index contributed by atoms with van der Waals surface area (Å²) in [6.07, 6.45) is 1.01. The van der Waals surface area contributed by atoms with Gasteiger partial charge in [0.1, 0.15) is 5.75 Å². The summed E-state index contributed by atoms with van der Waals surface area (Å²) in [4.78, 5) is 13.4. The lowest BCUT2D eigenvalue weighted by atomic mass is 10.1. The van der Waals surface area contributed by atoms with Crippen molar-refractivity contribution in [1.82, 2.24) is 5.32 Å². The van der Waals surface area contributed by atoms with Crippen molar-refractivity contribution in [3.8, 4) is 5.75 Å². The number of hydrogen-bond acceptors (Lipinski definition) is 5. The first kappa shape index (κ1) is 22.0. The molecule has 152 valence electrons. The molecule has 2 N–H and O–H groups in total. The molecule has 7 heteroatoms. The van der Waals surface area contributed by atoms with Crippen molar-refractivity contribution in [2.24, 2.45) is 0 Å². The number of nitrogens with zero attached hydrogens (tertiary/aromatic N) is 1. The van der Waals surface area contributed by atoms with Gasteiger partial charge in [0.25, 0.3) is 0 Å². The third-order valence-corrected chi connectivity index (χ3v) is 4.69. The molecule has 6 nitrogen and oxygen atoms in total. The number of morpholine rings is 1. The number of carboxylic acid groups (broad SMARTS) is 1. The SMILES string of the molecule is COc1cccc(CCNC[C@@H]2CN(c3cccc(C(=O)O)c3)CCO2)c1.Cl. The van der Waals surface area contributed by atoms with Gasteiger partial charge in [0.15, 0.2) is 0 Å². The van der Waals surface area contributed by atoms with Crippen LogP contribution in [0.25, 0.3) is 0 Å². The van der Waals surface area contributed by atoms with Crippen LogP contribution in [0.2, 0.25) is 0 Å². The summed E-state index contributed by atoms with van der Waals surface area (Å²) in [6, 6.07) is 15.2. The highest BCUT2D eigenvalue weighted by atomic mass is 35.5. The summed E-state index contributed by atoms with van der Waals surface area (Å²) in [5.74, 6) is -0.0248. The Morgan fingerprint density at radius 1 is 1.29 bits per heavy atom. The number of anilines is 1. The van der Waals surface area contributed by atoms with Crippen molar-refractivity contribution < 1.29 is 19.4 Å². The van der Waals surface area contributed by atoms with Crippen LogP contribution >= 0.6 is 12.4 Å². The van der Waals surface area contributed by atoms with Crippen LogP contribution in [0.1, 0.15) is 15.9 Å². The number of carboxylic acids is 1. The maximum atomic E-state index is 11.2. The first-order valence-corrected chi connectivity index (χ1v) is 9.19. The highest BCUT2D eigenvalue weighted by molar-refractivity contribution is 5.88. The largest absolute Gasteiger partial charge is 0.497 e. The number of carbonyl (C=O) groups is 1. The van der Waals surface area contributed by atoms with E-state index in [2.05, 4.69) is 22.3 Å². The van der Waals surface area contributed by atoms with Gasteiger partial charge in [-0.1, -0.05) is 18.2 Å². The summed E-state index contributed by atoms with van der Waals surface area (Å²) in [5.41, 5.74) is 2.48. The predicted octanol–water partition coefficient (Wildman–Crippen LogP) is 2.85. The summed E-state index contributed by atoms with van der Waals surface area (Å²) < 4.78 is 11.1. The van der Waals surface area contributed by atoms with Crippen LogP contribution in [-0.4, -0.2) is 57.1 Å². The van der Waals surface area contributed by atoms with E-state index in [1.807, 2.05) is 18.2 Å². The van der Waals surface area contributed by atoms with E-state index in [9.17, 15) is 4.79 Å². The fraction of sp³-hybridized carbons (Fsp3) is 0.381. The Hall–Kier alpha value is -2.28. The van der Waals surface area contributed by atoms with Gasteiger partial charge in [-0.25, -0.2) is 4.79 Å². The topological polar surface area (TPSA) is 71.0 Å². The average molecular weight is 407 g/mol. The Morgan fingerprint density at radius 2 is 2.11 bits per heavy atom. The second-order valence-corrected chi connectivity index (χ2v) is 6.60.